The molecule has 0 rings (SSSR count). The highest BCUT2D eigenvalue weighted by Crippen LogP contribution is 1.98. The lowest BCUT2D eigenvalue weighted by atomic mass is 10.3. The smallest absolute Gasteiger partial charge is 0.308 e. The quantitative estimate of drug-likeness (QED) is 0.474. The van der Waals surface area contributed by atoms with Crippen molar-refractivity contribution < 1.29 is 23.8 Å². The number of esters is 2. The zero-order chi connectivity index (χ0) is 11.0. The minimum atomic E-state index is -0.465. The van der Waals surface area contributed by atoms with E-state index in [0.717, 1.165) is 0 Å². The maximum absolute atomic E-state index is 11.0. The van der Waals surface area contributed by atoms with Gasteiger partial charge in [0.25, 0.3) is 0 Å². The van der Waals surface area contributed by atoms with Crippen LogP contribution in [-0.2, 0) is 23.8 Å². The Hall–Kier alpha value is -1.10. The molecule has 0 aliphatic rings. The van der Waals surface area contributed by atoms with E-state index >= 15 is 0 Å². The van der Waals surface area contributed by atoms with Crippen molar-refractivity contribution in [2.75, 3.05) is 13.9 Å². The summed E-state index contributed by atoms with van der Waals surface area (Å²) in [6, 6.07) is 0. The average molecular weight is 204 g/mol. The molecule has 0 heterocycles. The number of methoxy groups -OCH3 is 1. The van der Waals surface area contributed by atoms with Gasteiger partial charge in [0, 0.05) is 7.11 Å². The van der Waals surface area contributed by atoms with Crippen molar-refractivity contribution >= 4 is 11.9 Å². The van der Waals surface area contributed by atoms with Gasteiger partial charge in [0.1, 0.15) is 0 Å². The lowest BCUT2D eigenvalue weighted by Crippen LogP contribution is -2.14. The molecule has 0 aromatic rings. The molecule has 0 saturated carbocycles. The molecule has 0 aliphatic heterocycles. The first-order chi connectivity index (χ1) is 6.56. The normalized spacial score (nSPS) is 10.0. The molecule has 5 heteroatoms. The van der Waals surface area contributed by atoms with Crippen LogP contribution >= 0.6 is 0 Å². The number of carbonyl (C=O) groups excluding carboxylic acids is 2. The van der Waals surface area contributed by atoms with Gasteiger partial charge in [-0.25, -0.2) is 0 Å². The molecule has 0 unspecified atom stereocenters. The van der Waals surface area contributed by atoms with Crippen molar-refractivity contribution in [1.82, 2.24) is 0 Å². The number of hydrogen-bond donors (Lipinski definition) is 0. The van der Waals surface area contributed by atoms with Gasteiger partial charge in [0.05, 0.1) is 18.9 Å². The minimum absolute atomic E-state index is 0.0227. The molecule has 82 valence electrons. The molecule has 0 aliphatic carbocycles. The van der Waals surface area contributed by atoms with Gasteiger partial charge >= 0.3 is 11.9 Å². The number of ether oxygens (including phenoxy) is 3. The Bertz CT molecular complexity index is 188. The van der Waals surface area contributed by atoms with Gasteiger partial charge in [-0.3, -0.25) is 9.59 Å². The molecule has 0 aromatic heterocycles. The van der Waals surface area contributed by atoms with Crippen LogP contribution in [0.25, 0.3) is 0 Å². The van der Waals surface area contributed by atoms with E-state index in [1.165, 1.54) is 7.11 Å². The Balaban J connectivity index is 3.51. The molecule has 14 heavy (non-hydrogen) atoms. The second-order valence-electron chi connectivity index (χ2n) is 2.96. The molecule has 0 radical (unpaired) electrons. The molecule has 0 atom stereocenters. The molecule has 0 aromatic carbocycles. The van der Waals surface area contributed by atoms with Crippen molar-refractivity contribution in [3.8, 4) is 0 Å². The van der Waals surface area contributed by atoms with Crippen molar-refractivity contribution in [2.45, 2.75) is 32.8 Å². The predicted molar refractivity (Wildman–Crippen MR) is 48.4 cm³/mol. The molecular weight excluding hydrogens is 188 g/mol. The molecule has 5 nitrogen and oxygen atoms in total. The van der Waals surface area contributed by atoms with Crippen LogP contribution in [0.1, 0.15) is 26.7 Å². The summed E-state index contributed by atoms with van der Waals surface area (Å²) in [5.74, 6) is -0.859. The van der Waals surface area contributed by atoms with Crippen LogP contribution in [0.2, 0.25) is 0 Å². The molecule has 0 N–H and O–H groups in total. The van der Waals surface area contributed by atoms with E-state index < -0.39 is 11.9 Å². The summed E-state index contributed by atoms with van der Waals surface area (Å²) in [5, 5.41) is 0. The van der Waals surface area contributed by atoms with Crippen molar-refractivity contribution in [1.29, 1.82) is 0 Å². The predicted octanol–water partition coefficient (Wildman–Crippen LogP) is 0.865. The summed E-state index contributed by atoms with van der Waals surface area (Å²) < 4.78 is 13.9. The van der Waals surface area contributed by atoms with Crippen LogP contribution in [0.5, 0.6) is 0 Å². The van der Waals surface area contributed by atoms with Gasteiger partial charge < -0.3 is 14.2 Å². The average Bonchev–Trinajstić information content (AvgIpc) is 2.10. The van der Waals surface area contributed by atoms with E-state index in [1.807, 2.05) is 0 Å². The largest absolute Gasteiger partial charge is 0.463 e. The summed E-state index contributed by atoms with van der Waals surface area (Å²) in [7, 11) is 1.42. The Morgan fingerprint density at radius 1 is 1.14 bits per heavy atom. The highest BCUT2D eigenvalue weighted by atomic mass is 16.7. The minimum Gasteiger partial charge on any atom is -0.463 e. The third-order valence-corrected chi connectivity index (χ3v) is 1.24. The summed E-state index contributed by atoms with van der Waals surface area (Å²) in [5.41, 5.74) is 0. The fraction of sp³-hybridized carbons (Fsp3) is 0.778. The standard InChI is InChI=1S/C9H16O5/c1-7(2)14-9(11)5-4-8(10)13-6-12-3/h7H,4-6H2,1-3H3. The first-order valence-corrected chi connectivity index (χ1v) is 4.40. The number of hydrogen-bond acceptors (Lipinski definition) is 5. The fourth-order valence-electron chi connectivity index (χ4n) is 0.723. The summed E-state index contributed by atoms with van der Waals surface area (Å²) in [6.07, 6.45) is -0.0900. The van der Waals surface area contributed by atoms with E-state index in [9.17, 15) is 9.59 Å². The first-order valence-electron chi connectivity index (χ1n) is 4.40. The van der Waals surface area contributed by atoms with E-state index in [0.29, 0.717) is 0 Å². The van der Waals surface area contributed by atoms with Crippen molar-refractivity contribution in [3.05, 3.63) is 0 Å². The highest BCUT2D eigenvalue weighted by Gasteiger charge is 2.09. The zero-order valence-corrected chi connectivity index (χ0v) is 8.74. The van der Waals surface area contributed by atoms with E-state index in [1.54, 1.807) is 13.8 Å². The van der Waals surface area contributed by atoms with Gasteiger partial charge in [0.15, 0.2) is 6.79 Å². The number of carbonyl (C=O) groups is 2. The maximum Gasteiger partial charge on any atom is 0.308 e. The second-order valence-corrected chi connectivity index (χ2v) is 2.96. The lowest BCUT2D eigenvalue weighted by Gasteiger charge is -2.07. The Morgan fingerprint density at radius 2 is 1.71 bits per heavy atom. The summed E-state index contributed by atoms with van der Waals surface area (Å²) >= 11 is 0. The van der Waals surface area contributed by atoms with Crippen LogP contribution in [-0.4, -0.2) is 31.9 Å². The van der Waals surface area contributed by atoms with Crippen molar-refractivity contribution in [2.24, 2.45) is 0 Å². The van der Waals surface area contributed by atoms with Crippen molar-refractivity contribution in [3.63, 3.8) is 0 Å². The molecule has 0 saturated heterocycles. The van der Waals surface area contributed by atoms with Crippen LogP contribution in [0.3, 0.4) is 0 Å². The van der Waals surface area contributed by atoms with Crippen LogP contribution in [0, 0.1) is 0 Å². The van der Waals surface area contributed by atoms with Crippen LogP contribution in [0.4, 0.5) is 0 Å². The molecular formula is C9H16O5. The highest BCUT2D eigenvalue weighted by molar-refractivity contribution is 5.77. The number of rotatable bonds is 6. The van der Waals surface area contributed by atoms with E-state index in [2.05, 4.69) is 9.47 Å². The van der Waals surface area contributed by atoms with E-state index in [-0.39, 0.29) is 25.7 Å². The SMILES string of the molecule is COCOC(=O)CCC(=O)OC(C)C. The summed E-state index contributed by atoms with van der Waals surface area (Å²) in [6.45, 7) is 3.42. The Morgan fingerprint density at radius 3 is 2.21 bits per heavy atom. The van der Waals surface area contributed by atoms with Crippen LogP contribution in [0.15, 0.2) is 0 Å². The third kappa shape index (κ3) is 7.54. The van der Waals surface area contributed by atoms with Crippen LogP contribution < -0.4 is 0 Å². The van der Waals surface area contributed by atoms with Gasteiger partial charge in [-0.2, -0.15) is 0 Å². The topological polar surface area (TPSA) is 61.8 Å². The maximum atomic E-state index is 11.0. The first kappa shape index (κ1) is 12.9. The Kier molecular flexibility index (Phi) is 6.74. The molecule has 0 spiro atoms. The van der Waals surface area contributed by atoms with Gasteiger partial charge in [-0.1, -0.05) is 0 Å². The zero-order valence-electron chi connectivity index (χ0n) is 8.74. The monoisotopic (exact) mass is 204 g/mol. The van der Waals surface area contributed by atoms with Gasteiger partial charge in [0.2, 0.25) is 0 Å². The molecule has 0 fully saturated rings. The Labute approximate surface area is 83.3 Å². The third-order valence-electron chi connectivity index (χ3n) is 1.24. The van der Waals surface area contributed by atoms with Gasteiger partial charge in [-0.15, -0.1) is 0 Å². The molecule has 0 amide bonds. The van der Waals surface area contributed by atoms with E-state index in [4.69, 9.17) is 4.74 Å². The molecule has 0 bridgehead atoms. The second kappa shape index (κ2) is 7.32. The summed E-state index contributed by atoms with van der Waals surface area (Å²) in [4.78, 5) is 21.9. The lowest BCUT2D eigenvalue weighted by molar-refractivity contribution is -0.158. The van der Waals surface area contributed by atoms with Gasteiger partial charge in [-0.05, 0) is 13.8 Å². The fourth-order valence-corrected chi connectivity index (χ4v) is 0.723.